The Labute approximate surface area is 181 Å². The number of rotatable bonds is 7. The molecule has 1 amide bonds. The molecule has 3 aromatic rings. The van der Waals surface area contributed by atoms with E-state index in [4.69, 9.17) is 17.4 Å². The molecule has 0 spiro atoms. The Balaban J connectivity index is 1.61. The summed E-state index contributed by atoms with van der Waals surface area (Å²) in [6, 6.07) is 13.6. The van der Waals surface area contributed by atoms with Gasteiger partial charge in [0, 0.05) is 22.7 Å². The molecule has 8 nitrogen and oxygen atoms in total. The smallest absolute Gasteiger partial charge is 0.294 e. The Bertz CT molecular complexity index is 1130. The van der Waals surface area contributed by atoms with Crippen LogP contribution in [0.25, 0.3) is 0 Å². The van der Waals surface area contributed by atoms with E-state index in [0.29, 0.717) is 16.3 Å². The first-order chi connectivity index (χ1) is 14.3. The van der Waals surface area contributed by atoms with E-state index in [2.05, 4.69) is 15.5 Å². The topological polar surface area (TPSA) is 120 Å². The fraction of sp³-hybridized carbons (Fsp3) is 0.150. The molecule has 10 heteroatoms. The van der Waals surface area contributed by atoms with Gasteiger partial charge in [0.25, 0.3) is 5.56 Å². The summed E-state index contributed by atoms with van der Waals surface area (Å²) in [5, 5.41) is 11.4. The standard InChI is InChI=1S/C20H18ClN5O3S/c1-12(27)14-4-8-16(9-5-14)23-18(28)11-30-20-25-24-17(19(29)26(20)22)10-13-2-6-15(21)7-3-13/h2-9H,10-11,22H2,1H3,(H,23,28). The number of Topliss-reactive ketones (excluding diaryl/α,β-unsaturated/α-hetero) is 1. The van der Waals surface area contributed by atoms with Crippen LogP contribution in [-0.2, 0) is 11.2 Å². The second-order valence-electron chi connectivity index (χ2n) is 6.38. The predicted octanol–water partition coefficient (Wildman–Crippen LogP) is 2.53. The van der Waals surface area contributed by atoms with E-state index in [1.54, 1.807) is 48.5 Å². The molecule has 0 bridgehead atoms. The number of ketones is 1. The lowest BCUT2D eigenvalue weighted by atomic mass is 10.1. The summed E-state index contributed by atoms with van der Waals surface area (Å²) in [5.41, 5.74) is 1.67. The fourth-order valence-corrected chi connectivity index (χ4v) is 3.32. The average Bonchev–Trinajstić information content (AvgIpc) is 2.73. The van der Waals surface area contributed by atoms with Gasteiger partial charge in [0.1, 0.15) is 5.69 Å². The molecular formula is C20H18ClN5O3S. The van der Waals surface area contributed by atoms with Crippen molar-refractivity contribution in [3.8, 4) is 0 Å². The number of hydrogen-bond donors (Lipinski definition) is 2. The molecule has 30 heavy (non-hydrogen) atoms. The van der Waals surface area contributed by atoms with Gasteiger partial charge in [-0.2, -0.15) is 4.68 Å². The number of nitrogens with zero attached hydrogens (tertiary/aromatic N) is 3. The van der Waals surface area contributed by atoms with Gasteiger partial charge in [-0.15, -0.1) is 10.2 Å². The molecule has 0 aliphatic rings. The Morgan fingerprint density at radius 2 is 1.77 bits per heavy atom. The van der Waals surface area contributed by atoms with E-state index in [1.165, 1.54) is 6.92 Å². The molecular weight excluding hydrogens is 426 g/mol. The summed E-state index contributed by atoms with van der Waals surface area (Å²) in [4.78, 5) is 35.9. The summed E-state index contributed by atoms with van der Waals surface area (Å²) in [6.45, 7) is 1.47. The van der Waals surface area contributed by atoms with Crippen molar-refractivity contribution in [2.45, 2.75) is 18.5 Å². The zero-order valence-corrected chi connectivity index (χ0v) is 17.5. The number of anilines is 1. The second-order valence-corrected chi connectivity index (χ2v) is 7.76. The molecule has 0 fully saturated rings. The lowest BCUT2D eigenvalue weighted by Crippen LogP contribution is -2.34. The SMILES string of the molecule is CC(=O)c1ccc(NC(=O)CSc2nnc(Cc3ccc(Cl)cc3)c(=O)n2N)cc1. The van der Waals surface area contributed by atoms with E-state index in [-0.39, 0.29) is 34.7 Å². The van der Waals surface area contributed by atoms with Crippen LogP contribution in [0, 0.1) is 0 Å². The van der Waals surface area contributed by atoms with E-state index in [0.717, 1.165) is 22.0 Å². The van der Waals surface area contributed by atoms with Crippen molar-refractivity contribution in [1.82, 2.24) is 14.9 Å². The predicted molar refractivity (Wildman–Crippen MR) is 117 cm³/mol. The quantitative estimate of drug-likeness (QED) is 0.327. The van der Waals surface area contributed by atoms with Crippen molar-refractivity contribution in [2.75, 3.05) is 16.9 Å². The zero-order chi connectivity index (χ0) is 21.7. The van der Waals surface area contributed by atoms with Crippen LogP contribution in [0.2, 0.25) is 5.02 Å². The number of aromatic nitrogens is 3. The third-order valence-corrected chi connectivity index (χ3v) is 5.32. The van der Waals surface area contributed by atoms with Crippen molar-refractivity contribution in [1.29, 1.82) is 0 Å². The fourth-order valence-electron chi connectivity index (χ4n) is 2.54. The number of nitrogens with one attached hydrogen (secondary N) is 1. The van der Waals surface area contributed by atoms with Crippen molar-refractivity contribution in [2.24, 2.45) is 0 Å². The molecule has 0 unspecified atom stereocenters. The van der Waals surface area contributed by atoms with Crippen LogP contribution in [0.1, 0.15) is 28.5 Å². The van der Waals surface area contributed by atoms with Gasteiger partial charge in [0.15, 0.2) is 5.78 Å². The number of benzene rings is 2. The Hall–Kier alpha value is -3.17. The van der Waals surface area contributed by atoms with Crippen LogP contribution in [0.5, 0.6) is 0 Å². The molecule has 1 heterocycles. The van der Waals surface area contributed by atoms with Crippen molar-refractivity contribution in [3.63, 3.8) is 0 Å². The third kappa shape index (κ3) is 5.46. The highest BCUT2D eigenvalue weighted by Crippen LogP contribution is 2.15. The Morgan fingerprint density at radius 3 is 2.40 bits per heavy atom. The number of nitrogens with two attached hydrogens (primary N) is 1. The van der Waals surface area contributed by atoms with E-state index in [1.807, 2.05) is 0 Å². The lowest BCUT2D eigenvalue weighted by Gasteiger charge is -2.08. The van der Waals surface area contributed by atoms with Crippen molar-refractivity contribution >= 4 is 40.7 Å². The highest BCUT2D eigenvalue weighted by molar-refractivity contribution is 7.99. The molecule has 154 valence electrons. The number of nitrogen functional groups attached to an aromatic ring is 1. The Kier molecular flexibility index (Phi) is 6.86. The van der Waals surface area contributed by atoms with E-state index >= 15 is 0 Å². The Morgan fingerprint density at radius 1 is 1.10 bits per heavy atom. The summed E-state index contributed by atoms with van der Waals surface area (Å²) < 4.78 is 0.887. The summed E-state index contributed by atoms with van der Waals surface area (Å²) in [5.74, 6) is 5.46. The largest absolute Gasteiger partial charge is 0.334 e. The zero-order valence-electron chi connectivity index (χ0n) is 16.0. The third-order valence-electron chi connectivity index (χ3n) is 4.12. The normalized spacial score (nSPS) is 10.6. The van der Waals surface area contributed by atoms with Gasteiger partial charge in [0.05, 0.1) is 5.75 Å². The van der Waals surface area contributed by atoms with Gasteiger partial charge < -0.3 is 11.2 Å². The molecule has 3 rings (SSSR count). The number of amides is 1. The van der Waals surface area contributed by atoms with Crippen LogP contribution >= 0.6 is 23.4 Å². The molecule has 0 saturated carbocycles. The van der Waals surface area contributed by atoms with Crippen LogP contribution in [0.3, 0.4) is 0 Å². The average molecular weight is 444 g/mol. The molecule has 0 aliphatic carbocycles. The number of halogens is 1. The molecule has 3 N–H and O–H groups in total. The first-order valence-corrected chi connectivity index (χ1v) is 10.2. The van der Waals surface area contributed by atoms with Crippen LogP contribution in [-0.4, -0.2) is 32.3 Å². The van der Waals surface area contributed by atoms with Crippen LogP contribution in [0.4, 0.5) is 5.69 Å². The monoisotopic (exact) mass is 443 g/mol. The minimum atomic E-state index is -0.484. The number of hydrogen-bond acceptors (Lipinski definition) is 7. The molecule has 0 aliphatic heterocycles. The summed E-state index contributed by atoms with van der Waals surface area (Å²) in [6.07, 6.45) is 0.266. The summed E-state index contributed by atoms with van der Waals surface area (Å²) >= 11 is 6.85. The maximum atomic E-state index is 12.5. The number of carbonyl (C=O) groups is 2. The van der Waals surface area contributed by atoms with Gasteiger partial charge in [-0.05, 0) is 48.9 Å². The molecule has 0 saturated heterocycles. The molecule has 0 radical (unpaired) electrons. The van der Waals surface area contributed by atoms with Gasteiger partial charge >= 0.3 is 0 Å². The molecule has 1 aromatic heterocycles. The molecule has 2 aromatic carbocycles. The van der Waals surface area contributed by atoms with Crippen LogP contribution in [0.15, 0.2) is 58.5 Å². The first kappa shape index (κ1) is 21.5. The van der Waals surface area contributed by atoms with Crippen molar-refractivity contribution in [3.05, 3.63) is 80.7 Å². The van der Waals surface area contributed by atoms with Gasteiger partial charge in [-0.1, -0.05) is 35.5 Å². The van der Waals surface area contributed by atoms with Crippen molar-refractivity contribution < 1.29 is 9.59 Å². The van der Waals surface area contributed by atoms with Gasteiger partial charge in [-0.3, -0.25) is 14.4 Å². The van der Waals surface area contributed by atoms with Gasteiger partial charge in [0.2, 0.25) is 11.1 Å². The second kappa shape index (κ2) is 9.55. The maximum Gasteiger partial charge on any atom is 0.294 e. The summed E-state index contributed by atoms with van der Waals surface area (Å²) in [7, 11) is 0. The minimum Gasteiger partial charge on any atom is -0.334 e. The number of carbonyl (C=O) groups excluding carboxylic acids is 2. The van der Waals surface area contributed by atoms with E-state index in [9.17, 15) is 14.4 Å². The number of thioether (sulfide) groups is 1. The minimum absolute atomic E-state index is 0.0175. The van der Waals surface area contributed by atoms with Gasteiger partial charge in [-0.25, -0.2) is 0 Å². The highest BCUT2D eigenvalue weighted by atomic mass is 35.5. The highest BCUT2D eigenvalue weighted by Gasteiger charge is 2.13. The maximum absolute atomic E-state index is 12.5. The first-order valence-electron chi connectivity index (χ1n) is 8.85. The van der Waals surface area contributed by atoms with E-state index < -0.39 is 5.56 Å². The van der Waals surface area contributed by atoms with Crippen LogP contribution < -0.4 is 16.7 Å². The lowest BCUT2D eigenvalue weighted by molar-refractivity contribution is -0.113. The molecule has 0 atom stereocenters.